The van der Waals surface area contributed by atoms with Crippen LogP contribution in [0.3, 0.4) is 0 Å². The molecule has 1 saturated carbocycles. The minimum atomic E-state index is 0.396. The van der Waals surface area contributed by atoms with E-state index in [1.54, 1.807) is 0 Å². The van der Waals surface area contributed by atoms with Gasteiger partial charge in [-0.1, -0.05) is 31.2 Å². The fourth-order valence-corrected chi connectivity index (χ4v) is 3.32. The third-order valence-corrected chi connectivity index (χ3v) is 4.86. The highest BCUT2D eigenvalue weighted by Gasteiger charge is 2.26. The number of rotatable bonds is 5. The molecular formula is C17H27N3. The predicted octanol–water partition coefficient (Wildman–Crippen LogP) is 2.20. The summed E-state index contributed by atoms with van der Waals surface area (Å²) in [5.74, 6) is 0.824. The molecule has 2 fully saturated rings. The van der Waals surface area contributed by atoms with E-state index in [-0.39, 0.29) is 0 Å². The molecule has 1 aliphatic carbocycles. The zero-order valence-electron chi connectivity index (χ0n) is 12.6. The second-order valence-electron chi connectivity index (χ2n) is 6.17. The van der Waals surface area contributed by atoms with Gasteiger partial charge in [0.25, 0.3) is 0 Å². The van der Waals surface area contributed by atoms with E-state index >= 15 is 0 Å². The molecule has 1 aromatic rings. The van der Waals surface area contributed by atoms with Gasteiger partial charge in [0.05, 0.1) is 0 Å². The molecule has 110 valence electrons. The predicted molar refractivity (Wildman–Crippen MR) is 83.9 cm³/mol. The van der Waals surface area contributed by atoms with Gasteiger partial charge in [-0.3, -0.25) is 4.90 Å². The highest BCUT2D eigenvalue weighted by atomic mass is 15.3. The monoisotopic (exact) mass is 273 g/mol. The summed E-state index contributed by atoms with van der Waals surface area (Å²) in [4.78, 5) is 5.09. The molecular weight excluding hydrogens is 246 g/mol. The first-order chi connectivity index (χ1) is 9.81. The number of likely N-dealkylation sites (N-methyl/N-ethyl adjacent to an activating group) is 1. The summed E-state index contributed by atoms with van der Waals surface area (Å²) in [6.07, 6.45) is 2.73. The summed E-state index contributed by atoms with van der Waals surface area (Å²) >= 11 is 0. The summed E-state index contributed by atoms with van der Waals surface area (Å²) in [5, 5.41) is 0. The van der Waals surface area contributed by atoms with Gasteiger partial charge in [-0.15, -0.1) is 0 Å². The normalized spacial score (nSPS) is 22.9. The fraction of sp³-hybridized carbons (Fsp3) is 0.647. The van der Waals surface area contributed by atoms with Crippen molar-refractivity contribution in [2.75, 3.05) is 39.3 Å². The lowest BCUT2D eigenvalue weighted by molar-refractivity contribution is 0.102. The zero-order valence-corrected chi connectivity index (χ0v) is 12.6. The first kappa shape index (κ1) is 14.1. The number of benzene rings is 1. The smallest absolute Gasteiger partial charge is 0.0471 e. The third kappa shape index (κ3) is 3.05. The van der Waals surface area contributed by atoms with Gasteiger partial charge >= 0.3 is 0 Å². The molecule has 1 heterocycles. The van der Waals surface area contributed by atoms with E-state index in [9.17, 15) is 0 Å². The summed E-state index contributed by atoms with van der Waals surface area (Å²) in [6, 6.07) is 9.56. The van der Waals surface area contributed by atoms with Gasteiger partial charge in [0, 0.05) is 38.8 Å². The Hall–Kier alpha value is -0.900. The summed E-state index contributed by atoms with van der Waals surface area (Å²) in [7, 11) is 0. The van der Waals surface area contributed by atoms with E-state index < -0.39 is 0 Å². The summed E-state index contributed by atoms with van der Waals surface area (Å²) in [5.41, 5.74) is 9.03. The van der Waals surface area contributed by atoms with E-state index in [1.807, 2.05) is 0 Å². The minimum absolute atomic E-state index is 0.396. The average Bonchev–Trinajstić information content (AvgIpc) is 3.34. The second kappa shape index (κ2) is 6.25. The van der Waals surface area contributed by atoms with Crippen LogP contribution in [0.2, 0.25) is 0 Å². The van der Waals surface area contributed by atoms with Crippen LogP contribution < -0.4 is 5.73 Å². The van der Waals surface area contributed by atoms with Gasteiger partial charge in [-0.25, -0.2) is 0 Å². The van der Waals surface area contributed by atoms with Crippen molar-refractivity contribution in [3.8, 4) is 0 Å². The van der Waals surface area contributed by atoms with Crippen molar-refractivity contribution in [2.24, 2.45) is 5.73 Å². The van der Waals surface area contributed by atoms with E-state index in [1.165, 1.54) is 37.1 Å². The molecule has 0 bridgehead atoms. The van der Waals surface area contributed by atoms with Crippen LogP contribution in [0.15, 0.2) is 24.3 Å². The van der Waals surface area contributed by atoms with Crippen LogP contribution in [0.4, 0.5) is 0 Å². The SMILES string of the molecule is CCN1CCN(C(CN)c2cccc(C3CC3)c2)CC1. The maximum absolute atomic E-state index is 6.09. The minimum Gasteiger partial charge on any atom is -0.329 e. The Bertz CT molecular complexity index is 434. The number of nitrogens with two attached hydrogens (primary N) is 1. The van der Waals surface area contributed by atoms with E-state index in [4.69, 9.17) is 5.73 Å². The Kier molecular flexibility index (Phi) is 4.39. The first-order valence-corrected chi connectivity index (χ1v) is 8.08. The van der Waals surface area contributed by atoms with Crippen LogP contribution in [0.1, 0.15) is 42.9 Å². The van der Waals surface area contributed by atoms with Crippen molar-refractivity contribution in [3.63, 3.8) is 0 Å². The van der Waals surface area contributed by atoms with Crippen molar-refractivity contribution in [2.45, 2.75) is 31.7 Å². The standard InChI is InChI=1S/C17H27N3/c1-2-19-8-10-20(11-9-19)17(13-18)16-5-3-4-15(12-16)14-6-7-14/h3-5,12,14,17H,2,6-11,13,18H2,1H3. The molecule has 2 aliphatic rings. The van der Waals surface area contributed by atoms with E-state index in [2.05, 4.69) is 41.0 Å². The lowest BCUT2D eigenvalue weighted by atomic mass is 10.00. The summed E-state index contributed by atoms with van der Waals surface area (Å²) in [6.45, 7) is 8.77. The zero-order chi connectivity index (χ0) is 13.9. The van der Waals surface area contributed by atoms with Gasteiger partial charge in [0.15, 0.2) is 0 Å². The largest absolute Gasteiger partial charge is 0.329 e. The molecule has 1 aromatic carbocycles. The molecule has 0 aromatic heterocycles. The molecule has 1 unspecified atom stereocenters. The van der Waals surface area contributed by atoms with Crippen LogP contribution in [0, 0.1) is 0 Å². The van der Waals surface area contributed by atoms with Crippen molar-refractivity contribution >= 4 is 0 Å². The second-order valence-corrected chi connectivity index (χ2v) is 6.17. The Morgan fingerprint density at radius 2 is 1.95 bits per heavy atom. The van der Waals surface area contributed by atoms with E-state index in [0.29, 0.717) is 6.04 Å². The van der Waals surface area contributed by atoms with Gasteiger partial charge in [-0.2, -0.15) is 0 Å². The van der Waals surface area contributed by atoms with Gasteiger partial charge < -0.3 is 10.6 Å². The molecule has 0 amide bonds. The Balaban J connectivity index is 1.71. The number of piperazine rings is 1. The molecule has 1 aliphatic heterocycles. The fourth-order valence-electron chi connectivity index (χ4n) is 3.32. The molecule has 3 nitrogen and oxygen atoms in total. The van der Waals surface area contributed by atoms with Gasteiger partial charge in [0.1, 0.15) is 0 Å². The van der Waals surface area contributed by atoms with Gasteiger partial charge in [0.2, 0.25) is 0 Å². The molecule has 3 heteroatoms. The molecule has 20 heavy (non-hydrogen) atoms. The van der Waals surface area contributed by atoms with Crippen LogP contribution in [-0.4, -0.2) is 49.1 Å². The van der Waals surface area contributed by atoms with Crippen LogP contribution in [0.5, 0.6) is 0 Å². The number of hydrogen-bond donors (Lipinski definition) is 1. The van der Waals surface area contributed by atoms with Crippen LogP contribution >= 0.6 is 0 Å². The van der Waals surface area contributed by atoms with E-state index in [0.717, 1.165) is 32.1 Å². The average molecular weight is 273 g/mol. The lowest BCUT2D eigenvalue weighted by Gasteiger charge is -2.38. The van der Waals surface area contributed by atoms with Crippen molar-refractivity contribution in [3.05, 3.63) is 35.4 Å². The van der Waals surface area contributed by atoms with Crippen LogP contribution in [-0.2, 0) is 0 Å². The third-order valence-electron chi connectivity index (χ3n) is 4.86. The molecule has 3 rings (SSSR count). The first-order valence-electron chi connectivity index (χ1n) is 8.08. The molecule has 2 N–H and O–H groups in total. The van der Waals surface area contributed by atoms with Crippen molar-refractivity contribution < 1.29 is 0 Å². The lowest BCUT2D eigenvalue weighted by Crippen LogP contribution is -2.48. The highest BCUT2D eigenvalue weighted by molar-refractivity contribution is 5.31. The van der Waals surface area contributed by atoms with Crippen molar-refractivity contribution in [1.29, 1.82) is 0 Å². The Labute approximate surface area is 122 Å². The topological polar surface area (TPSA) is 32.5 Å². The Morgan fingerprint density at radius 3 is 2.55 bits per heavy atom. The van der Waals surface area contributed by atoms with Crippen LogP contribution in [0.25, 0.3) is 0 Å². The van der Waals surface area contributed by atoms with Crippen molar-refractivity contribution in [1.82, 2.24) is 9.80 Å². The number of nitrogens with zero attached hydrogens (tertiary/aromatic N) is 2. The number of hydrogen-bond acceptors (Lipinski definition) is 3. The van der Waals surface area contributed by atoms with Gasteiger partial charge in [-0.05, 0) is 36.4 Å². The highest BCUT2D eigenvalue weighted by Crippen LogP contribution is 2.40. The molecule has 0 radical (unpaired) electrons. The Morgan fingerprint density at radius 1 is 1.20 bits per heavy atom. The molecule has 1 atom stereocenters. The quantitative estimate of drug-likeness (QED) is 0.892. The summed E-state index contributed by atoms with van der Waals surface area (Å²) < 4.78 is 0. The maximum atomic E-state index is 6.09. The molecule has 0 spiro atoms. The molecule has 1 saturated heterocycles. The maximum Gasteiger partial charge on any atom is 0.0471 e.